The van der Waals surface area contributed by atoms with E-state index < -0.39 is 0 Å². The molecule has 0 aliphatic rings. The Balaban J connectivity index is 2.67. The van der Waals surface area contributed by atoms with Gasteiger partial charge in [0.25, 0.3) is 0 Å². The Morgan fingerprint density at radius 2 is 2.23 bits per heavy atom. The predicted octanol–water partition coefficient (Wildman–Crippen LogP) is 1.39. The van der Waals surface area contributed by atoms with Gasteiger partial charge in [-0.15, -0.1) is 0 Å². The smallest absolute Gasteiger partial charge is 0.128 e. The van der Waals surface area contributed by atoms with Gasteiger partial charge >= 0.3 is 0 Å². The Hall–Kier alpha value is -1.09. The normalized spacial score (nSPS) is 10.1. The predicted molar refractivity (Wildman–Crippen MR) is 55.7 cm³/mol. The molecule has 13 heavy (non-hydrogen) atoms. The molecule has 1 heterocycles. The summed E-state index contributed by atoms with van der Waals surface area (Å²) in [5.74, 6) is 1.01. The van der Waals surface area contributed by atoms with Crippen LogP contribution in [0.15, 0.2) is 18.3 Å². The van der Waals surface area contributed by atoms with Crippen LogP contribution in [0, 0.1) is 0 Å². The molecule has 0 bridgehead atoms. The standard InChI is InChI=1S/C10H17N3/c1-3-6-13(2)10-5-4-9(7-11)8-12-10/h4-5,8H,3,6-7,11H2,1-2H3. The molecule has 0 aliphatic carbocycles. The zero-order chi connectivity index (χ0) is 9.68. The summed E-state index contributed by atoms with van der Waals surface area (Å²) >= 11 is 0. The number of pyridine rings is 1. The summed E-state index contributed by atoms with van der Waals surface area (Å²) in [6.45, 7) is 3.75. The van der Waals surface area contributed by atoms with E-state index in [1.807, 2.05) is 25.4 Å². The second kappa shape index (κ2) is 4.82. The highest BCUT2D eigenvalue weighted by Crippen LogP contribution is 2.09. The van der Waals surface area contributed by atoms with Gasteiger partial charge in [-0.25, -0.2) is 4.98 Å². The number of anilines is 1. The fourth-order valence-electron chi connectivity index (χ4n) is 1.21. The number of hydrogen-bond donors (Lipinski definition) is 1. The Labute approximate surface area is 79.6 Å². The third-order valence-electron chi connectivity index (χ3n) is 1.99. The molecule has 3 nitrogen and oxygen atoms in total. The van der Waals surface area contributed by atoms with Crippen molar-refractivity contribution in [3.05, 3.63) is 23.9 Å². The van der Waals surface area contributed by atoms with Crippen molar-refractivity contribution in [3.8, 4) is 0 Å². The first kappa shape index (κ1) is 9.99. The topological polar surface area (TPSA) is 42.1 Å². The van der Waals surface area contributed by atoms with Crippen LogP contribution in [0.5, 0.6) is 0 Å². The van der Waals surface area contributed by atoms with Crippen molar-refractivity contribution in [3.63, 3.8) is 0 Å². The van der Waals surface area contributed by atoms with Crippen LogP contribution in [0.2, 0.25) is 0 Å². The Morgan fingerprint density at radius 1 is 1.46 bits per heavy atom. The maximum Gasteiger partial charge on any atom is 0.128 e. The fraction of sp³-hybridized carbons (Fsp3) is 0.500. The van der Waals surface area contributed by atoms with Gasteiger partial charge in [-0.1, -0.05) is 13.0 Å². The van der Waals surface area contributed by atoms with Crippen molar-refractivity contribution in [1.29, 1.82) is 0 Å². The van der Waals surface area contributed by atoms with Gasteiger partial charge in [0.15, 0.2) is 0 Å². The van der Waals surface area contributed by atoms with Crippen LogP contribution < -0.4 is 10.6 Å². The molecule has 1 aromatic heterocycles. The number of nitrogens with zero attached hydrogens (tertiary/aromatic N) is 2. The van der Waals surface area contributed by atoms with Crippen LogP contribution >= 0.6 is 0 Å². The summed E-state index contributed by atoms with van der Waals surface area (Å²) in [7, 11) is 2.05. The van der Waals surface area contributed by atoms with Gasteiger partial charge in [0.2, 0.25) is 0 Å². The third-order valence-corrected chi connectivity index (χ3v) is 1.99. The van der Waals surface area contributed by atoms with E-state index in [1.54, 1.807) is 0 Å². The van der Waals surface area contributed by atoms with Crippen LogP contribution in [-0.2, 0) is 6.54 Å². The monoisotopic (exact) mass is 179 g/mol. The molecule has 0 saturated heterocycles. The molecule has 0 atom stereocenters. The molecule has 0 radical (unpaired) electrons. The minimum Gasteiger partial charge on any atom is -0.360 e. The first-order valence-electron chi connectivity index (χ1n) is 4.64. The van der Waals surface area contributed by atoms with Gasteiger partial charge in [0, 0.05) is 26.3 Å². The molecular formula is C10H17N3. The van der Waals surface area contributed by atoms with E-state index in [4.69, 9.17) is 5.73 Å². The molecule has 2 N–H and O–H groups in total. The minimum atomic E-state index is 0.560. The molecule has 0 saturated carbocycles. The number of rotatable bonds is 4. The molecule has 1 aromatic rings. The van der Waals surface area contributed by atoms with Crippen molar-refractivity contribution in [2.75, 3.05) is 18.5 Å². The fourth-order valence-corrected chi connectivity index (χ4v) is 1.21. The van der Waals surface area contributed by atoms with Crippen LogP contribution in [0.1, 0.15) is 18.9 Å². The van der Waals surface area contributed by atoms with Crippen molar-refractivity contribution in [2.45, 2.75) is 19.9 Å². The maximum atomic E-state index is 5.48. The van der Waals surface area contributed by atoms with E-state index in [-0.39, 0.29) is 0 Å². The summed E-state index contributed by atoms with van der Waals surface area (Å²) < 4.78 is 0. The Morgan fingerprint density at radius 3 is 2.69 bits per heavy atom. The van der Waals surface area contributed by atoms with E-state index in [0.717, 1.165) is 24.3 Å². The summed E-state index contributed by atoms with van der Waals surface area (Å²) in [6, 6.07) is 4.03. The van der Waals surface area contributed by atoms with E-state index >= 15 is 0 Å². The quantitative estimate of drug-likeness (QED) is 0.759. The number of nitrogens with two attached hydrogens (primary N) is 1. The van der Waals surface area contributed by atoms with E-state index in [2.05, 4.69) is 16.8 Å². The molecule has 0 aromatic carbocycles. The summed E-state index contributed by atoms with van der Waals surface area (Å²) in [4.78, 5) is 6.45. The van der Waals surface area contributed by atoms with Crippen LogP contribution in [-0.4, -0.2) is 18.6 Å². The lowest BCUT2D eigenvalue weighted by atomic mass is 10.3. The molecule has 3 heteroatoms. The Bertz CT molecular complexity index is 243. The van der Waals surface area contributed by atoms with Crippen LogP contribution in [0.4, 0.5) is 5.82 Å². The van der Waals surface area contributed by atoms with Crippen molar-refractivity contribution in [1.82, 2.24) is 4.98 Å². The highest BCUT2D eigenvalue weighted by Gasteiger charge is 1.99. The van der Waals surface area contributed by atoms with Gasteiger partial charge in [-0.3, -0.25) is 0 Å². The molecule has 0 amide bonds. The van der Waals surface area contributed by atoms with E-state index in [0.29, 0.717) is 6.54 Å². The summed E-state index contributed by atoms with van der Waals surface area (Å²) in [6.07, 6.45) is 2.97. The van der Waals surface area contributed by atoms with Gasteiger partial charge < -0.3 is 10.6 Å². The molecule has 0 fully saturated rings. The second-order valence-corrected chi connectivity index (χ2v) is 3.15. The largest absolute Gasteiger partial charge is 0.360 e. The number of hydrogen-bond acceptors (Lipinski definition) is 3. The lowest BCUT2D eigenvalue weighted by Gasteiger charge is -2.16. The lowest BCUT2D eigenvalue weighted by molar-refractivity contribution is 0.836. The van der Waals surface area contributed by atoms with Gasteiger partial charge in [0.05, 0.1) is 0 Å². The SMILES string of the molecule is CCCN(C)c1ccc(CN)cn1. The zero-order valence-corrected chi connectivity index (χ0v) is 8.33. The summed E-state index contributed by atoms with van der Waals surface area (Å²) in [5, 5.41) is 0. The van der Waals surface area contributed by atoms with Crippen LogP contribution in [0.25, 0.3) is 0 Å². The minimum absolute atomic E-state index is 0.560. The molecular weight excluding hydrogens is 162 g/mol. The average molecular weight is 179 g/mol. The van der Waals surface area contributed by atoms with E-state index in [1.165, 1.54) is 0 Å². The maximum absolute atomic E-state index is 5.48. The van der Waals surface area contributed by atoms with E-state index in [9.17, 15) is 0 Å². The summed E-state index contributed by atoms with van der Waals surface area (Å²) in [5.41, 5.74) is 6.56. The lowest BCUT2D eigenvalue weighted by Crippen LogP contribution is -2.18. The third kappa shape index (κ3) is 2.70. The second-order valence-electron chi connectivity index (χ2n) is 3.15. The molecule has 0 aliphatic heterocycles. The van der Waals surface area contributed by atoms with Crippen LogP contribution in [0.3, 0.4) is 0 Å². The van der Waals surface area contributed by atoms with Crippen molar-refractivity contribution >= 4 is 5.82 Å². The highest BCUT2D eigenvalue weighted by atomic mass is 15.2. The van der Waals surface area contributed by atoms with Gasteiger partial charge in [-0.2, -0.15) is 0 Å². The van der Waals surface area contributed by atoms with Gasteiger partial charge in [0.1, 0.15) is 5.82 Å². The van der Waals surface area contributed by atoms with Crippen molar-refractivity contribution < 1.29 is 0 Å². The molecule has 1 rings (SSSR count). The Kier molecular flexibility index (Phi) is 3.71. The molecule has 72 valence electrons. The average Bonchev–Trinajstić information content (AvgIpc) is 2.18. The molecule has 0 unspecified atom stereocenters. The van der Waals surface area contributed by atoms with Crippen molar-refractivity contribution in [2.24, 2.45) is 5.73 Å². The van der Waals surface area contributed by atoms with Gasteiger partial charge in [-0.05, 0) is 18.1 Å². The first-order chi connectivity index (χ1) is 6.27. The first-order valence-corrected chi connectivity index (χ1v) is 4.64. The highest BCUT2D eigenvalue weighted by molar-refractivity contribution is 5.37. The molecule has 0 spiro atoms. The zero-order valence-electron chi connectivity index (χ0n) is 8.33. The number of aromatic nitrogens is 1.